The molecular weight excluding hydrogens is 378 g/mol. The quantitative estimate of drug-likeness (QED) is 0.837. The van der Waals surface area contributed by atoms with Crippen LogP contribution >= 0.6 is 11.3 Å². The molecule has 1 aromatic heterocycles. The Labute approximate surface area is 155 Å². The summed E-state index contributed by atoms with van der Waals surface area (Å²) in [5.74, 6) is -2.70. The van der Waals surface area contributed by atoms with E-state index in [4.69, 9.17) is 0 Å². The maximum absolute atomic E-state index is 13.4. The molecule has 4 rings (SSSR count). The van der Waals surface area contributed by atoms with Gasteiger partial charge in [-0.25, -0.2) is 21.9 Å². The fraction of sp³-hybridized carbons (Fsp3) is 0.444. The molecule has 140 valence electrons. The van der Waals surface area contributed by atoms with Crippen LogP contribution in [0.5, 0.6) is 0 Å². The van der Waals surface area contributed by atoms with Crippen LogP contribution in [0.1, 0.15) is 25.3 Å². The molecular formula is C18H20F2N2O2S2. The highest BCUT2D eigenvalue weighted by molar-refractivity contribution is 7.91. The summed E-state index contributed by atoms with van der Waals surface area (Å²) in [5.41, 5.74) is 0.907. The lowest BCUT2D eigenvalue weighted by molar-refractivity contribution is 0.0257. The number of alkyl halides is 2. The van der Waals surface area contributed by atoms with Crippen LogP contribution in [0.3, 0.4) is 0 Å². The van der Waals surface area contributed by atoms with E-state index in [1.807, 2.05) is 37.3 Å². The van der Waals surface area contributed by atoms with Crippen molar-refractivity contribution in [3.8, 4) is 0 Å². The number of rotatable bonds is 5. The van der Waals surface area contributed by atoms with Crippen molar-refractivity contribution >= 4 is 26.4 Å². The lowest BCUT2D eigenvalue weighted by atomic mass is 9.98. The van der Waals surface area contributed by atoms with Gasteiger partial charge in [-0.1, -0.05) is 37.3 Å². The maximum atomic E-state index is 13.4. The van der Waals surface area contributed by atoms with E-state index in [2.05, 4.69) is 4.72 Å². The van der Waals surface area contributed by atoms with Crippen LogP contribution in [0.2, 0.25) is 0 Å². The second-order valence-electron chi connectivity index (χ2n) is 7.28. The Hall–Kier alpha value is -1.51. The number of halogens is 2. The number of benzene rings is 1. The summed E-state index contributed by atoms with van der Waals surface area (Å²) in [6, 6.07) is 12.8. The van der Waals surface area contributed by atoms with E-state index < -0.39 is 15.9 Å². The van der Waals surface area contributed by atoms with Crippen molar-refractivity contribution in [1.82, 2.24) is 4.72 Å². The zero-order valence-corrected chi connectivity index (χ0v) is 15.9. The van der Waals surface area contributed by atoms with E-state index in [9.17, 15) is 17.2 Å². The van der Waals surface area contributed by atoms with Gasteiger partial charge in [0.2, 0.25) is 10.0 Å². The van der Waals surface area contributed by atoms with Gasteiger partial charge in [0.25, 0.3) is 5.92 Å². The van der Waals surface area contributed by atoms with Gasteiger partial charge in [0.15, 0.2) is 0 Å². The Morgan fingerprint density at radius 2 is 1.92 bits per heavy atom. The average Bonchev–Trinajstić information content (AvgIpc) is 2.96. The van der Waals surface area contributed by atoms with Crippen molar-refractivity contribution < 1.29 is 17.2 Å². The monoisotopic (exact) mass is 398 g/mol. The summed E-state index contributed by atoms with van der Waals surface area (Å²) in [4.78, 5) is 1.55. The molecule has 2 aliphatic rings. The summed E-state index contributed by atoms with van der Waals surface area (Å²) in [6.45, 7) is 1.94. The Kier molecular flexibility index (Phi) is 4.13. The summed E-state index contributed by atoms with van der Waals surface area (Å²) in [7, 11) is -3.66. The van der Waals surface area contributed by atoms with Gasteiger partial charge in [-0.15, -0.1) is 11.3 Å². The van der Waals surface area contributed by atoms with E-state index in [0.29, 0.717) is 5.00 Å². The standard InChI is InChI=1S/C18H20F2N2O2S2/c1-17(13-5-3-2-4-6-13)11-14(17)21-26(23,24)16-8-7-15(25-16)22-10-9-18(19,20)12-22/h2-8,14,21H,9-12H2,1H3/t14-,17+/m0/s1. The highest BCUT2D eigenvalue weighted by atomic mass is 32.2. The van der Waals surface area contributed by atoms with Crippen molar-refractivity contribution in [2.75, 3.05) is 18.0 Å². The lowest BCUT2D eigenvalue weighted by Crippen LogP contribution is -2.29. The molecule has 1 aliphatic carbocycles. The smallest absolute Gasteiger partial charge is 0.266 e. The van der Waals surface area contributed by atoms with Crippen LogP contribution < -0.4 is 9.62 Å². The van der Waals surface area contributed by atoms with Crippen LogP contribution in [0, 0.1) is 0 Å². The summed E-state index contributed by atoms with van der Waals surface area (Å²) in [6.07, 6.45) is 0.551. The van der Waals surface area contributed by atoms with Gasteiger partial charge >= 0.3 is 0 Å². The molecule has 1 aliphatic heterocycles. The SMILES string of the molecule is C[C@]1(c2ccccc2)C[C@@H]1NS(=O)(=O)c1ccc(N2CCC(F)(F)C2)s1. The predicted octanol–water partition coefficient (Wildman–Crippen LogP) is 3.60. The molecule has 0 unspecified atom stereocenters. The van der Waals surface area contributed by atoms with Gasteiger partial charge in [0, 0.05) is 24.4 Å². The molecule has 1 aromatic carbocycles. The van der Waals surface area contributed by atoms with Crippen molar-refractivity contribution in [3.05, 3.63) is 48.0 Å². The third-order valence-corrected chi connectivity index (χ3v) is 8.39. The van der Waals surface area contributed by atoms with Crippen LogP contribution in [0.15, 0.2) is 46.7 Å². The fourth-order valence-corrected chi connectivity index (χ4v) is 6.15. The summed E-state index contributed by atoms with van der Waals surface area (Å²) in [5, 5.41) is 0.573. The minimum atomic E-state index is -3.66. The third-order valence-electron chi connectivity index (χ3n) is 5.28. The first-order chi connectivity index (χ1) is 12.2. The zero-order valence-electron chi connectivity index (χ0n) is 14.3. The first-order valence-corrected chi connectivity index (χ1v) is 10.8. The molecule has 1 saturated heterocycles. The molecule has 2 aromatic rings. The molecule has 0 spiro atoms. The minimum Gasteiger partial charge on any atom is -0.357 e. The Morgan fingerprint density at radius 3 is 2.58 bits per heavy atom. The van der Waals surface area contributed by atoms with Gasteiger partial charge in [-0.05, 0) is 24.1 Å². The number of anilines is 1. The molecule has 0 bridgehead atoms. The molecule has 1 saturated carbocycles. The van der Waals surface area contributed by atoms with Crippen molar-refractivity contribution in [1.29, 1.82) is 0 Å². The van der Waals surface area contributed by atoms with E-state index in [1.54, 1.807) is 11.0 Å². The van der Waals surface area contributed by atoms with Gasteiger partial charge in [-0.3, -0.25) is 0 Å². The molecule has 0 radical (unpaired) electrons. The Morgan fingerprint density at radius 1 is 1.19 bits per heavy atom. The molecule has 26 heavy (non-hydrogen) atoms. The maximum Gasteiger partial charge on any atom is 0.266 e. The number of nitrogens with zero attached hydrogens (tertiary/aromatic N) is 1. The minimum absolute atomic E-state index is 0.156. The molecule has 8 heteroatoms. The largest absolute Gasteiger partial charge is 0.357 e. The topological polar surface area (TPSA) is 49.4 Å². The van der Waals surface area contributed by atoms with Crippen molar-refractivity contribution in [2.24, 2.45) is 0 Å². The highest BCUT2D eigenvalue weighted by Crippen LogP contribution is 2.48. The fourth-order valence-electron chi connectivity index (χ4n) is 3.47. The van der Waals surface area contributed by atoms with Crippen LogP contribution in [0.25, 0.3) is 0 Å². The van der Waals surface area contributed by atoms with Gasteiger partial charge in [0.1, 0.15) is 4.21 Å². The van der Waals surface area contributed by atoms with Crippen molar-refractivity contribution in [2.45, 2.75) is 41.4 Å². The van der Waals surface area contributed by atoms with Gasteiger partial charge < -0.3 is 4.90 Å². The lowest BCUT2D eigenvalue weighted by Gasteiger charge is -2.15. The third kappa shape index (κ3) is 3.25. The normalized spacial score (nSPS) is 27.7. The van der Waals surface area contributed by atoms with Gasteiger partial charge in [0.05, 0.1) is 11.5 Å². The number of nitrogens with one attached hydrogen (secondary N) is 1. The summed E-state index contributed by atoms with van der Waals surface area (Å²) < 4.78 is 55.1. The number of thiophene rings is 1. The predicted molar refractivity (Wildman–Crippen MR) is 98.6 cm³/mol. The number of sulfonamides is 1. The van der Waals surface area contributed by atoms with E-state index >= 15 is 0 Å². The Balaban J connectivity index is 1.47. The van der Waals surface area contributed by atoms with Crippen LogP contribution in [-0.4, -0.2) is 33.5 Å². The molecule has 0 amide bonds. The van der Waals surface area contributed by atoms with E-state index in [0.717, 1.165) is 23.3 Å². The molecule has 4 nitrogen and oxygen atoms in total. The van der Waals surface area contributed by atoms with E-state index in [1.165, 1.54) is 6.07 Å². The molecule has 2 atom stereocenters. The summed E-state index contributed by atoms with van der Waals surface area (Å²) >= 11 is 1.05. The van der Waals surface area contributed by atoms with Crippen molar-refractivity contribution in [3.63, 3.8) is 0 Å². The molecule has 2 heterocycles. The number of hydrogen-bond acceptors (Lipinski definition) is 4. The second-order valence-corrected chi connectivity index (χ2v) is 10.3. The first-order valence-electron chi connectivity index (χ1n) is 8.50. The van der Waals surface area contributed by atoms with Gasteiger partial charge in [-0.2, -0.15) is 0 Å². The Bertz CT molecular complexity index is 914. The molecule has 1 N–H and O–H groups in total. The highest BCUT2D eigenvalue weighted by Gasteiger charge is 2.53. The first kappa shape index (κ1) is 17.9. The van der Waals surface area contributed by atoms with Crippen LogP contribution in [-0.2, 0) is 15.4 Å². The average molecular weight is 399 g/mol. The second kappa shape index (κ2) is 6.00. The van der Waals surface area contributed by atoms with Crippen LogP contribution in [0.4, 0.5) is 13.8 Å². The van der Waals surface area contributed by atoms with E-state index in [-0.39, 0.29) is 35.2 Å². The molecule has 2 fully saturated rings. The number of hydrogen-bond donors (Lipinski definition) is 1. The zero-order chi connectivity index (χ0) is 18.6.